The van der Waals surface area contributed by atoms with Crippen molar-refractivity contribution in [3.63, 3.8) is 0 Å². The Morgan fingerprint density at radius 1 is 1.18 bits per heavy atom. The van der Waals surface area contributed by atoms with Gasteiger partial charge in [-0.25, -0.2) is 0 Å². The molecule has 0 aromatic heterocycles. The molecular formula is C17H18ClNO2S. The molecule has 116 valence electrons. The van der Waals surface area contributed by atoms with E-state index in [4.69, 9.17) is 16.3 Å². The van der Waals surface area contributed by atoms with Gasteiger partial charge in [0.1, 0.15) is 5.75 Å². The Kier molecular flexibility index (Phi) is 6.62. The Labute approximate surface area is 140 Å². The molecule has 1 amide bonds. The molecule has 22 heavy (non-hydrogen) atoms. The van der Waals surface area contributed by atoms with Crippen molar-refractivity contribution in [2.45, 2.75) is 18.4 Å². The van der Waals surface area contributed by atoms with Gasteiger partial charge < -0.3 is 10.1 Å². The van der Waals surface area contributed by atoms with E-state index in [-0.39, 0.29) is 5.91 Å². The van der Waals surface area contributed by atoms with Crippen molar-refractivity contribution in [1.29, 1.82) is 0 Å². The summed E-state index contributed by atoms with van der Waals surface area (Å²) < 4.78 is 5.54. The quantitative estimate of drug-likeness (QED) is 0.772. The van der Waals surface area contributed by atoms with Crippen LogP contribution in [-0.4, -0.2) is 18.3 Å². The molecule has 0 saturated carbocycles. The third-order valence-corrected chi connectivity index (χ3v) is 4.20. The Balaban J connectivity index is 1.81. The largest absolute Gasteiger partial charge is 0.494 e. The SMILES string of the molecule is CCOc1ccccc1CNC(=O)CSc1ccc(Cl)cc1. The summed E-state index contributed by atoms with van der Waals surface area (Å²) in [4.78, 5) is 12.9. The number of para-hydroxylation sites is 1. The summed E-state index contributed by atoms with van der Waals surface area (Å²) in [5, 5.41) is 3.61. The van der Waals surface area contributed by atoms with Crippen LogP contribution in [0.5, 0.6) is 5.75 Å². The van der Waals surface area contributed by atoms with Crippen molar-refractivity contribution in [1.82, 2.24) is 5.32 Å². The van der Waals surface area contributed by atoms with E-state index in [0.717, 1.165) is 16.2 Å². The summed E-state index contributed by atoms with van der Waals surface area (Å²) in [6, 6.07) is 15.2. The number of halogens is 1. The van der Waals surface area contributed by atoms with Crippen LogP contribution in [0.1, 0.15) is 12.5 Å². The summed E-state index contributed by atoms with van der Waals surface area (Å²) in [7, 11) is 0. The van der Waals surface area contributed by atoms with Crippen LogP contribution in [0.25, 0.3) is 0 Å². The van der Waals surface area contributed by atoms with Gasteiger partial charge in [-0.2, -0.15) is 0 Å². The first-order chi connectivity index (χ1) is 10.7. The Morgan fingerprint density at radius 2 is 1.91 bits per heavy atom. The third kappa shape index (κ3) is 5.28. The van der Waals surface area contributed by atoms with Gasteiger partial charge in [0.2, 0.25) is 5.91 Å². The number of carbonyl (C=O) groups excluding carboxylic acids is 1. The molecule has 0 aliphatic heterocycles. The minimum Gasteiger partial charge on any atom is -0.494 e. The number of thioether (sulfide) groups is 1. The van der Waals surface area contributed by atoms with Crippen LogP contribution in [0.4, 0.5) is 0 Å². The Morgan fingerprint density at radius 3 is 2.64 bits per heavy atom. The Bertz CT molecular complexity index is 616. The zero-order valence-corrected chi connectivity index (χ0v) is 13.9. The van der Waals surface area contributed by atoms with Crippen LogP contribution in [0.2, 0.25) is 5.02 Å². The Hall–Kier alpha value is -1.65. The smallest absolute Gasteiger partial charge is 0.230 e. The fourth-order valence-corrected chi connectivity index (χ4v) is 2.73. The molecule has 0 bridgehead atoms. The van der Waals surface area contributed by atoms with E-state index in [9.17, 15) is 4.79 Å². The van der Waals surface area contributed by atoms with Crippen molar-refractivity contribution in [2.75, 3.05) is 12.4 Å². The van der Waals surface area contributed by atoms with Crippen LogP contribution in [0, 0.1) is 0 Å². The minimum absolute atomic E-state index is 0.00810. The first-order valence-corrected chi connectivity index (χ1v) is 8.41. The summed E-state index contributed by atoms with van der Waals surface area (Å²) in [5.74, 6) is 1.18. The van der Waals surface area contributed by atoms with Crippen molar-refractivity contribution in [2.24, 2.45) is 0 Å². The zero-order valence-electron chi connectivity index (χ0n) is 12.3. The van der Waals surface area contributed by atoms with Gasteiger partial charge >= 0.3 is 0 Å². The van der Waals surface area contributed by atoms with E-state index in [0.29, 0.717) is 23.9 Å². The fraction of sp³-hybridized carbons (Fsp3) is 0.235. The molecule has 0 aliphatic rings. The normalized spacial score (nSPS) is 10.3. The van der Waals surface area contributed by atoms with Crippen molar-refractivity contribution in [3.8, 4) is 5.75 Å². The second-order valence-electron chi connectivity index (χ2n) is 4.56. The lowest BCUT2D eigenvalue weighted by atomic mass is 10.2. The number of nitrogens with one attached hydrogen (secondary N) is 1. The van der Waals surface area contributed by atoms with E-state index < -0.39 is 0 Å². The topological polar surface area (TPSA) is 38.3 Å². The maximum Gasteiger partial charge on any atom is 0.230 e. The monoisotopic (exact) mass is 335 g/mol. The maximum atomic E-state index is 11.9. The van der Waals surface area contributed by atoms with E-state index in [1.807, 2.05) is 55.5 Å². The number of rotatable bonds is 7. The highest BCUT2D eigenvalue weighted by Crippen LogP contribution is 2.20. The molecule has 0 unspecified atom stereocenters. The highest BCUT2D eigenvalue weighted by molar-refractivity contribution is 8.00. The molecule has 0 heterocycles. The van der Waals surface area contributed by atoms with Gasteiger partial charge in [-0.1, -0.05) is 29.8 Å². The molecular weight excluding hydrogens is 318 g/mol. The lowest BCUT2D eigenvalue weighted by Gasteiger charge is -2.11. The van der Waals surface area contributed by atoms with Crippen LogP contribution in [0.15, 0.2) is 53.4 Å². The first-order valence-electron chi connectivity index (χ1n) is 7.05. The van der Waals surface area contributed by atoms with Gasteiger partial charge in [-0.15, -0.1) is 11.8 Å². The standard InChI is InChI=1S/C17H18ClNO2S/c1-2-21-16-6-4-3-5-13(16)11-19-17(20)12-22-15-9-7-14(18)8-10-15/h3-10H,2,11-12H2,1H3,(H,19,20). The second kappa shape index (κ2) is 8.71. The molecule has 0 spiro atoms. The number of hydrogen-bond donors (Lipinski definition) is 1. The van der Waals surface area contributed by atoms with Crippen molar-refractivity contribution in [3.05, 3.63) is 59.1 Å². The number of benzene rings is 2. The van der Waals surface area contributed by atoms with Gasteiger partial charge in [0, 0.05) is 22.0 Å². The van der Waals surface area contributed by atoms with Crippen molar-refractivity contribution >= 4 is 29.3 Å². The average Bonchev–Trinajstić information content (AvgIpc) is 2.54. The molecule has 0 fully saturated rings. The van der Waals surface area contributed by atoms with Gasteiger partial charge in [-0.05, 0) is 37.3 Å². The summed E-state index contributed by atoms with van der Waals surface area (Å²) in [6.45, 7) is 3.02. The van der Waals surface area contributed by atoms with Crippen LogP contribution in [-0.2, 0) is 11.3 Å². The lowest BCUT2D eigenvalue weighted by molar-refractivity contribution is -0.118. The number of ether oxygens (including phenoxy) is 1. The minimum atomic E-state index is -0.00810. The van der Waals surface area contributed by atoms with Gasteiger partial charge in [0.25, 0.3) is 0 Å². The second-order valence-corrected chi connectivity index (χ2v) is 6.05. The lowest BCUT2D eigenvalue weighted by Crippen LogP contribution is -2.24. The molecule has 0 saturated heterocycles. The maximum absolute atomic E-state index is 11.9. The number of amides is 1. The number of hydrogen-bond acceptors (Lipinski definition) is 3. The zero-order chi connectivity index (χ0) is 15.8. The predicted octanol–water partition coefficient (Wildman–Crippen LogP) is 4.15. The predicted molar refractivity (Wildman–Crippen MR) is 91.6 cm³/mol. The van der Waals surface area contributed by atoms with Crippen LogP contribution >= 0.6 is 23.4 Å². The van der Waals surface area contributed by atoms with Gasteiger partial charge in [0.05, 0.1) is 12.4 Å². The van der Waals surface area contributed by atoms with Crippen LogP contribution < -0.4 is 10.1 Å². The van der Waals surface area contributed by atoms with Gasteiger partial charge in [0.15, 0.2) is 0 Å². The molecule has 0 radical (unpaired) electrons. The average molecular weight is 336 g/mol. The molecule has 2 aromatic rings. The van der Waals surface area contributed by atoms with Crippen LogP contribution in [0.3, 0.4) is 0 Å². The summed E-state index contributed by atoms with van der Waals surface area (Å²) in [5.41, 5.74) is 0.981. The molecule has 1 N–H and O–H groups in total. The van der Waals surface area contributed by atoms with E-state index in [2.05, 4.69) is 5.32 Å². The fourth-order valence-electron chi connectivity index (χ4n) is 1.87. The highest BCUT2D eigenvalue weighted by Gasteiger charge is 2.06. The highest BCUT2D eigenvalue weighted by atomic mass is 35.5. The third-order valence-electron chi connectivity index (χ3n) is 2.93. The number of carbonyl (C=O) groups is 1. The molecule has 3 nitrogen and oxygen atoms in total. The van der Waals surface area contributed by atoms with Crippen molar-refractivity contribution < 1.29 is 9.53 Å². The molecule has 0 aliphatic carbocycles. The molecule has 2 rings (SSSR count). The van der Waals surface area contributed by atoms with E-state index in [1.54, 1.807) is 0 Å². The molecule has 5 heteroatoms. The van der Waals surface area contributed by atoms with E-state index in [1.165, 1.54) is 11.8 Å². The summed E-state index contributed by atoms with van der Waals surface area (Å²) in [6.07, 6.45) is 0. The van der Waals surface area contributed by atoms with Gasteiger partial charge in [-0.3, -0.25) is 4.79 Å². The molecule has 2 aromatic carbocycles. The first kappa shape index (κ1) is 16.7. The van der Waals surface area contributed by atoms with E-state index >= 15 is 0 Å². The summed E-state index contributed by atoms with van der Waals surface area (Å²) >= 11 is 7.32. The molecule has 0 atom stereocenters.